The Morgan fingerprint density at radius 1 is 1.47 bits per heavy atom. The lowest BCUT2D eigenvalue weighted by Crippen LogP contribution is -2.37. The summed E-state index contributed by atoms with van der Waals surface area (Å²) < 4.78 is 6.25. The van der Waals surface area contributed by atoms with Crippen LogP contribution in [0.25, 0.3) is 0 Å². The van der Waals surface area contributed by atoms with E-state index in [0.717, 1.165) is 23.0 Å². The molecule has 1 aromatic heterocycles. The summed E-state index contributed by atoms with van der Waals surface area (Å²) in [6.45, 7) is 6.21. The summed E-state index contributed by atoms with van der Waals surface area (Å²) in [5, 5.41) is 0. The summed E-state index contributed by atoms with van der Waals surface area (Å²) in [5.41, 5.74) is 0.559. The van der Waals surface area contributed by atoms with Crippen LogP contribution in [0.15, 0.2) is 22.9 Å². The molecule has 1 fully saturated rings. The lowest BCUT2D eigenvalue weighted by Gasteiger charge is -2.27. The second-order valence-electron chi connectivity index (χ2n) is 5.83. The van der Waals surface area contributed by atoms with Gasteiger partial charge < -0.3 is 9.64 Å². The fourth-order valence-electron chi connectivity index (χ4n) is 1.75. The Bertz CT molecular complexity index is 450. The minimum Gasteiger partial charge on any atom is -0.444 e. The van der Waals surface area contributed by atoms with E-state index in [9.17, 15) is 4.79 Å². The van der Waals surface area contributed by atoms with E-state index in [1.807, 2.05) is 32.9 Å². The number of nitrogens with zero attached hydrogens (tertiary/aromatic N) is 2. The number of ether oxygens (including phenoxy) is 1. The molecule has 1 saturated carbocycles. The van der Waals surface area contributed by atoms with Crippen LogP contribution in [0.5, 0.6) is 0 Å². The zero-order chi connectivity index (χ0) is 14.0. The van der Waals surface area contributed by atoms with Crippen molar-refractivity contribution in [3.8, 4) is 0 Å². The van der Waals surface area contributed by atoms with E-state index in [1.165, 1.54) is 0 Å². The first kappa shape index (κ1) is 14.3. The maximum atomic E-state index is 12.2. The summed E-state index contributed by atoms with van der Waals surface area (Å²) in [6.07, 6.45) is 3.66. The molecule has 0 spiro atoms. The summed E-state index contributed by atoms with van der Waals surface area (Å²) in [4.78, 5) is 18.2. The molecular weight excluding hydrogens is 308 g/mol. The molecule has 19 heavy (non-hydrogen) atoms. The maximum Gasteiger partial charge on any atom is 0.410 e. The van der Waals surface area contributed by atoms with Crippen molar-refractivity contribution in [3.05, 3.63) is 28.5 Å². The minimum atomic E-state index is -0.456. The summed E-state index contributed by atoms with van der Waals surface area (Å²) in [6, 6.07) is 4.17. The largest absolute Gasteiger partial charge is 0.444 e. The first-order valence-electron chi connectivity index (χ1n) is 6.45. The van der Waals surface area contributed by atoms with Crippen molar-refractivity contribution in [1.29, 1.82) is 0 Å². The third kappa shape index (κ3) is 4.49. The highest BCUT2D eigenvalue weighted by molar-refractivity contribution is 9.10. The van der Waals surface area contributed by atoms with Gasteiger partial charge in [-0.15, -0.1) is 0 Å². The van der Waals surface area contributed by atoms with Gasteiger partial charge in [-0.3, -0.25) is 0 Å². The first-order valence-corrected chi connectivity index (χ1v) is 7.24. The van der Waals surface area contributed by atoms with Crippen molar-refractivity contribution >= 4 is 22.0 Å². The number of amides is 1. The molecule has 0 aliphatic heterocycles. The molecule has 0 unspecified atom stereocenters. The first-order chi connectivity index (χ1) is 8.85. The van der Waals surface area contributed by atoms with Gasteiger partial charge in [0.25, 0.3) is 0 Å². The third-order valence-corrected chi connectivity index (χ3v) is 3.23. The topological polar surface area (TPSA) is 42.4 Å². The fourth-order valence-corrected chi connectivity index (χ4v) is 1.98. The van der Waals surface area contributed by atoms with Crippen molar-refractivity contribution in [3.63, 3.8) is 0 Å². The maximum absolute atomic E-state index is 12.2. The average Bonchev–Trinajstić information content (AvgIpc) is 3.09. The van der Waals surface area contributed by atoms with Crippen LogP contribution in [-0.2, 0) is 11.3 Å². The van der Waals surface area contributed by atoms with E-state index in [4.69, 9.17) is 4.74 Å². The molecule has 1 amide bonds. The molecule has 1 aliphatic rings. The van der Waals surface area contributed by atoms with Crippen LogP contribution in [0.1, 0.15) is 39.2 Å². The van der Waals surface area contributed by atoms with Crippen LogP contribution in [0.2, 0.25) is 0 Å². The van der Waals surface area contributed by atoms with Gasteiger partial charge in [0.05, 0.1) is 6.54 Å². The van der Waals surface area contributed by atoms with Crippen molar-refractivity contribution in [2.24, 2.45) is 0 Å². The Kier molecular flexibility index (Phi) is 4.13. The quantitative estimate of drug-likeness (QED) is 0.794. The van der Waals surface area contributed by atoms with Crippen LogP contribution >= 0.6 is 15.9 Å². The Balaban J connectivity index is 2.04. The van der Waals surface area contributed by atoms with Gasteiger partial charge in [0.15, 0.2) is 0 Å². The molecule has 0 bridgehead atoms. The molecule has 0 saturated heterocycles. The highest BCUT2D eigenvalue weighted by atomic mass is 79.9. The molecule has 0 aromatic carbocycles. The van der Waals surface area contributed by atoms with Crippen molar-refractivity contribution < 1.29 is 9.53 Å². The van der Waals surface area contributed by atoms with Gasteiger partial charge in [-0.2, -0.15) is 0 Å². The van der Waals surface area contributed by atoms with Crippen LogP contribution in [-0.4, -0.2) is 27.6 Å². The van der Waals surface area contributed by atoms with E-state index in [2.05, 4.69) is 20.9 Å². The number of hydrogen-bond donors (Lipinski definition) is 0. The zero-order valence-corrected chi connectivity index (χ0v) is 13.1. The van der Waals surface area contributed by atoms with Gasteiger partial charge in [0.2, 0.25) is 0 Å². The molecule has 2 rings (SSSR count). The van der Waals surface area contributed by atoms with E-state index in [-0.39, 0.29) is 6.09 Å². The molecule has 1 aromatic rings. The normalized spacial score (nSPS) is 15.2. The average molecular weight is 327 g/mol. The number of pyridine rings is 1. The van der Waals surface area contributed by atoms with Gasteiger partial charge in [-0.05, 0) is 61.2 Å². The molecule has 0 atom stereocenters. The molecule has 104 valence electrons. The number of halogens is 1. The second-order valence-corrected chi connectivity index (χ2v) is 6.64. The molecule has 0 radical (unpaired) electrons. The lowest BCUT2D eigenvalue weighted by atomic mass is 10.2. The van der Waals surface area contributed by atoms with Crippen LogP contribution in [0.3, 0.4) is 0 Å². The molecule has 1 aliphatic carbocycles. The van der Waals surface area contributed by atoms with Crippen molar-refractivity contribution in [1.82, 2.24) is 9.88 Å². The highest BCUT2D eigenvalue weighted by Crippen LogP contribution is 2.29. The molecule has 5 heteroatoms. The Hall–Kier alpha value is -1.10. The Morgan fingerprint density at radius 2 is 2.16 bits per heavy atom. The monoisotopic (exact) mass is 326 g/mol. The predicted octanol–water partition coefficient (Wildman–Crippen LogP) is 3.74. The fraction of sp³-hybridized carbons (Fsp3) is 0.571. The number of rotatable bonds is 3. The van der Waals surface area contributed by atoms with Gasteiger partial charge in [-0.25, -0.2) is 9.78 Å². The summed E-state index contributed by atoms with van der Waals surface area (Å²) in [5.74, 6) is 0. The van der Waals surface area contributed by atoms with E-state index >= 15 is 0 Å². The lowest BCUT2D eigenvalue weighted by molar-refractivity contribution is 0.0216. The molecule has 0 N–H and O–H groups in total. The smallest absolute Gasteiger partial charge is 0.410 e. The van der Waals surface area contributed by atoms with E-state index < -0.39 is 5.60 Å². The minimum absolute atomic E-state index is 0.238. The van der Waals surface area contributed by atoms with Crippen molar-refractivity contribution in [2.75, 3.05) is 0 Å². The van der Waals surface area contributed by atoms with E-state index in [0.29, 0.717) is 12.6 Å². The van der Waals surface area contributed by atoms with Gasteiger partial charge in [0, 0.05) is 12.2 Å². The second kappa shape index (κ2) is 5.49. The zero-order valence-electron chi connectivity index (χ0n) is 11.5. The highest BCUT2D eigenvalue weighted by Gasteiger charge is 2.35. The number of aromatic nitrogens is 1. The number of carbonyl (C=O) groups excluding carboxylic acids is 1. The van der Waals surface area contributed by atoms with Crippen LogP contribution in [0.4, 0.5) is 4.79 Å². The molecule has 4 nitrogen and oxygen atoms in total. The van der Waals surface area contributed by atoms with Crippen LogP contribution < -0.4 is 0 Å². The standard InChI is InChI=1S/C14H19BrN2O2/c1-14(2,3)19-13(18)17(11-5-6-11)9-10-4-7-12(15)16-8-10/h4,7-8,11H,5-6,9H2,1-3H3. The van der Waals surface area contributed by atoms with E-state index in [1.54, 1.807) is 11.1 Å². The number of carbonyl (C=O) groups is 1. The summed E-state index contributed by atoms with van der Waals surface area (Å²) >= 11 is 3.31. The number of hydrogen-bond acceptors (Lipinski definition) is 3. The Labute approximate surface area is 122 Å². The Morgan fingerprint density at radius 3 is 2.63 bits per heavy atom. The molecular formula is C14H19BrN2O2. The van der Waals surface area contributed by atoms with Crippen molar-refractivity contribution in [2.45, 2.75) is 51.8 Å². The SMILES string of the molecule is CC(C)(C)OC(=O)N(Cc1ccc(Br)nc1)C1CC1. The van der Waals surface area contributed by atoms with Gasteiger partial charge in [0.1, 0.15) is 10.2 Å². The third-order valence-electron chi connectivity index (χ3n) is 2.76. The van der Waals surface area contributed by atoms with Crippen LogP contribution in [0, 0.1) is 0 Å². The summed E-state index contributed by atoms with van der Waals surface area (Å²) in [7, 11) is 0. The molecule has 1 heterocycles. The van der Waals surface area contributed by atoms with Gasteiger partial charge in [-0.1, -0.05) is 6.07 Å². The van der Waals surface area contributed by atoms with Gasteiger partial charge >= 0.3 is 6.09 Å². The predicted molar refractivity (Wildman–Crippen MR) is 76.7 cm³/mol.